The Morgan fingerprint density at radius 2 is 2.25 bits per heavy atom. The van der Waals surface area contributed by atoms with Gasteiger partial charge in [0.1, 0.15) is 18.5 Å². The SMILES string of the molecule is OC(CNCCn1ccnn1)COc1ccccc1Cl. The maximum absolute atomic E-state index is 9.79. The predicted molar refractivity (Wildman–Crippen MR) is 75.8 cm³/mol. The van der Waals surface area contributed by atoms with E-state index in [0.29, 0.717) is 30.4 Å². The van der Waals surface area contributed by atoms with E-state index in [1.807, 2.05) is 12.1 Å². The standard InChI is InChI=1S/C13H17ClN4O2/c14-12-3-1-2-4-13(12)20-10-11(19)9-15-5-7-18-8-6-16-17-18/h1-4,6,8,11,15,19H,5,7,9-10H2. The van der Waals surface area contributed by atoms with Gasteiger partial charge in [-0.05, 0) is 12.1 Å². The van der Waals surface area contributed by atoms with E-state index < -0.39 is 6.10 Å². The Balaban J connectivity index is 1.61. The molecule has 2 N–H and O–H groups in total. The third-order valence-electron chi connectivity index (χ3n) is 2.64. The Labute approximate surface area is 122 Å². The fourth-order valence-electron chi connectivity index (χ4n) is 1.62. The lowest BCUT2D eigenvalue weighted by Gasteiger charge is -2.13. The predicted octanol–water partition coefficient (Wildman–Crippen LogP) is 0.961. The zero-order chi connectivity index (χ0) is 14.2. The number of aliphatic hydroxyl groups is 1. The molecule has 0 fully saturated rings. The first-order valence-electron chi connectivity index (χ1n) is 6.36. The summed E-state index contributed by atoms with van der Waals surface area (Å²) in [6, 6.07) is 7.19. The summed E-state index contributed by atoms with van der Waals surface area (Å²) in [6.07, 6.45) is 2.83. The van der Waals surface area contributed by atoms with E-state index >= 15 is 0 Å². The smallest absolute Gasteiger partial charge is 0.138 e. The summed E-state index contributed by atoms with van der Waals surface area (Å²) in [7, 11) is 0. The molecule has 0 saturated heterocycles. The van der Waals surface area contributed by atoms with E-state index in [-0.39, 0.29) is 6.61 Å². The highest BCUT2D eigenvalue weighted by atomic mass is 35.5. The highest BCUT2D eigenvalue weighted by Crippen LogP contribution is 2.22. The Morgan fingerprint density at radius 1 is 1.40 bits per heavy atom. The molecule has 108 valence electrons. The lowest BCUT2D eigenvalue weighted by Crippen LogP contribution is -2.33. The molecule has 0 amide bonds. The highest BCUT2D eigenvalue weighted by Gasteiger charge is 2.06. The van der Waals surface area contributed by atoms with Gasteiger partial charge in [0, 0.05) is 19.3 Å². The lowest BCUT2D eigenvalue weighted by molar-refractivity contribution is 0.106. The van der Waals surface area contributed by atoms with Crippen molar-refractivity contribution >= 4 is 11.6 Å². The molecule has 0 spiro atoms. The second kappa shape index (κ2) is 7.84. The van der Waals surface area contributed by atoms with Crippen molar-refractivity contribution in [3.8, 4) is 5.75 Å². The minimum absolute atomic E-state index is 0.195. The molecule has 0 radical (unpaired) electrons. The summed E-state index contributed by atoms with van der Waals surface area (Å²) in [4.78, 5) is 0. The van der Waals surface area contributed by atoms with Crippen LogP contribution in [0.4, 0.5) is 0 Å². The molecule has 20 heavy (non-hydrogen) atoms. The maximum atomic E-state index is 9.79. The average molecular weight is 297 g/mol. The molecule has 1 unspecified atom stereocenters. The molecular weight excluding hydrogens is 280 g/mol. The summed E-state index contributed by atoms with van der Waals surface area (Å²) >= 11 is 5.95. The summed E-state index contributed by atoms with van der Waals surface area (Å²) in [5.41, 5.74) is 0. The van der Waals surface area contributed by atoms with Crippen molar-refractivity contribution in [2.24, 2.45) is 0 Å². The topological polar surface area (TPSA) is 72.2 Å². The van der Waals surface area contributed by atoms with Gasteiger partial charge in [-0.25, -0.2) is 0 Å². The van der Waals surface area contributed by atoms with Crippen LogP contribution < -0.4 is 10.1 Å². The van der Waals surface area contributed by atoms with Crippen molar-refractivity contribution in [2.75, 3.05) is 19.7 Å². The molecular formula is C13H17ClN4O2. The first kappa shape index (κ1) is 14.8. The van der Waals surface area contributed by atoms with Gasteiger partial charge in [-0.3, -0.25) is 4.68 Å². The number of hydrogen-bond donors (Lipinski definition) is 2. The zero-order valence-corrected chi connectivity index (χ0v) is 11.7. The van der Waals surface area contributed by atoms with Crippen molar-refractivity contribution in [1.29, 1.82) is 0 Å². The monoisotopic (exact) mass is 296 g/mol. The summed E-state index contributed by atoms with van der Waals surface area (Å²) < 4.78 is 7.17. The number of halogens is 1. The first-order chi connectivity index (χ1) is 9.75. The van der Waals surface area contributed by atoms with Crippen LogP contribution in [0.2, 0.25) is 5.02 Å². The number of benzene rings is 1. The van der Waals surface area contributed by atoms with Gasteiger partial charge in [0.15, 0.2) is 0 Å². The fraction of sp³-hybridized carbons (Fsp3) is 0.385. The van der Waals surface area contributed by atoms with Crippen LogP contribution >= 0.6 is 11.6 Å². The first-order valence-corrected chi connectivity index (χ1v) is 6.73. The van der Waals surface area contributed by atoms with E-state index in [4.69, 9.17) is 16.3 Å². The molecule has 7 heteroatoms. The summed E-state index contributed by atoms with van der Waals surface area (Å²) in [5.74, 6) is 0.579. The number of nitrogens with zero attached hydrogens (tertiary/aromatic N) is 3. The molecule has 2 aromatic rings. The van der Waals surface area contributed by atoms with E-state index in [2.05, 4.69) is 15.6 Å². The molecule has 1 aromatic heterocycles. The molecule has 1 atom stereocenters. The van der Waals surface area contributed by atoms with Gasteiger partial charge in [-0.15, -0.1) is 5.10 Å². The molecule has 1 aromatic carbocycles. The normalized spacial score (nSPS) is 12.3. The van der Waals surface area contributed by atoms with Crippen molar-refractivity contribution in [2.45, 2.75) is 12.6 Å². The molecule has 1 heterocycles. The molecule has 6 nitrogen and oxygen atoms in total. The Hall–Kier alpha value is -1.63. The van der Waals surface area contributed by atoms with Gasteiger partial charge < -0.3 is 15.2 Å². The van der Waals surface area contributed by atoms with Crippen LogP contribution in [0, 0.1) is 0 Å². The highest BCUT2D eigenvalue weighted by molar-refractivity contribution is 6.32. The molecule has 0 bridgehead atoms. The van der Waals surface area contributed by atoms with Gasteiger partial charge in [-0.2, -0.15) is 0 Å². The van der Waals surface area contributed by atoms with Gasteiger partial charge in [0.2, 0.25) is 0 Å². The third-order valence-corrected chi connectivity index (χ3v) is 2.95. The zero-order valence-electron chi connectivity index (χ0n) is 10.9. The summed E-state index contributed by atoms with van der Waals surface area (Å²) in [5, 5.41) is 21.0. The lowest BCUT2D eigenvalue weighted by atomic mass is 10.3. The second-order valence-electron chi connectivity index (χ2n) is 4.27. The van der Waals surface area contributed by atoms with Crippen molar-refractivity contribution in [1.82, 2.24) is 20.3 Å². The van der Waals surface area contributed by atoms with E-state index in [9.17, 15) is 5.11 Å². The van der Waals surface area contributed by atoms with Crippen LogP contribution in [0.25, 0.3) is 0 Å². The number of rotatable bonds is 8. The Morgan fingerprint density at radius 3 is 3.00 bits per heavy atom. The van der Waals surface area contributed by atoms with Crippen molar-refractivity contribution in [3.05, 3.63) is 41.7 Å². The number of aromatic nitrogens is 3. The Bertz CT molecular complexity index is 507. The van der Waals surface area contributed by atoms with Gasteiger partial charge in [-0.1, -0.05) is 28.9 Å². The fourth-order valence-corrected chi connectivity index (χ4v) is 1.81. The number of ether oxygens (including phenoxy) is 1. The molecule has 0 aliphatic rings. The van der Waals surface area contributed by atoms with Crippen molar-refractivity contribution in [3.63, 3.8) is 0 Å². The Kier molecular flexibility index (Phi) is 5.79. The van der Waals surface area contributed by atoms with Crippen LogP contribution in [0.1, 0.15) is 0 Å². The van der Waals surface area contributed by atoms with Gasteiger partial charge >= 0.3 is 0 Å². The van der Waals surface area contributed by atoms with Crippen LogP contribution in [-0.4, -0.2) is 45.9 Å². The minimum Gasteiger partial charge on any atom is -0.489 e. The summed E-state index contributed by atoms with van der Waals surface area (Å²) in [6.45, 7) is 2.05. The van der Waals surface area contributed by atoms with E-state index in [1.165, 1.54) is 0 Å². The third kappa shape index (κ3) is 4.80. The largest absolute Gasteiger partial charge is 0.489 e. The maximum Gasteiger partial charge on any atom is 0.138 e. The molecule has 0 aliphatic carbocycles. The van der Waals surface area contributed by atoms with Crippen LogP contribution in [-0.2, 0) is 6.54 Å². The number of nitrogens with one attached hydrogen (secondary N) is 1. The quantitative estimate of drug-likeness (QED) is 0.710. The van der Waals surface area contributed by atoms with Crippen LogP contribution in [0.5, 0.6) is 5.75 Å². The number of aliphatic hydroxyl groups excluding tert-OH is 1. The van der Waals surface area contributed by atoms with Crippen LogP contribution in [0.3, 0.4) is 0 Å². The van der Waals surface area contributed by atoms with Gasteiger partial charge in [0.25, 0.3) is 0 Å². The molecule has 2 rings (SSSR count). The van der Waals surface area contributed by atoms with E-state index in [0.717, 1.165) is 0 Å². The average Bonchev–Trinajstić information content (AvgIpc) is 2.96. The van der Waals surface area contributed by atoms with E-state index in [1.54, 1.807) is 29.2 Å². The molecule has 0 saturated carbocycles. The van der Waals surface area contributed by atoms with Gasteiger partial charge in [0.05, 0.1) is 17.8 Å². The number of hydrogen-bond acceptors (Lipinski definition) is 5. The number of para-hydroxylation sites is 1. The minimum atomic E-state index is -0.595. The second-order valence-corrected chi connectivity index (χ2v) is 4.67. The van der Waals surface area contributed by atoms with Crippen LogP contribution in [0.15, 0.2) is 36.7 Å². The van der Waals surface area contributed by atoms with Crippen molar-refractivity contribution < 1.29 is 9.84 Å². The molecule has 0 aliphatic heterocycles.